The van der Waals surface area contributed by atoms with Gasteiger partial charge in [-0.3, -0.25) is 19.8 Å². The maximum atomic E-state index is 13.2. The van der Waals surface area contributed by atoms with Gasteiger partial charge in [-0.15, -0.1) is 0 Å². The molecule has 1 aliphatic heterocycles. The van der Waals surface area contributed by atoms with Gasteiger partial charge >= 0.3 is 0 Å². The SMILES string of the molecule is COc1ccc(CCNC(=O)[C@@H]2C[C@H](NCc3ccc([N+](=O)[O-])cc3)CN2Cc2ccccc2Cl)cc1. The molecule has 1 heterocycles. The lowest BCUT2D eigenvalue weighted by Crippen LogP contribution is -2.43. The highest BCUT2D eigenvalue weighted by Gasteiger charge is 2.36. The Morgan fingerprint density at radius 1 is 1.08 bits per heavy atom. The molecule has 2 N–H and O–H groups in total. The Morgan fingerprint density at radius 3 is 2.46 bits per heavy atom. The molecule has 0 saturated carbocycles. The fraction of sp³-hybridized carbons (Fsp3) is 0.321. The number of nitrogens with zero attached hydrogens (tertiary/aromatic N) is 2. The lowest BCUT2D eigenvalue weighted by molar-refractivity contribution is -0.384. The van der Waals surface area contributed by atoms with Gasteiger partial charge in [0.05, 0.1) is 18.1 Å². The van der Waals surface area contributed by atoms with E-state index in [1.165, 1.54) is 12.1 Å². The van der Waals surface area contributed by atoms with Gasteiger partial charge in [0.2, 0.25) is 5.91 Å². The summed E-state index contributed by atoms with van der Waals surface area (Å²) >= 11 is 6.42. The van der Waals surface area contributed by atoms with Crippen LogP contribution in [0.5, 0.6) is 5.75 Å². The quantitative estimate of drug-likeness (QED) is 0.287. The number of non-ortho nitro benzene ring substituents is 1. The van der Waals surface area contributed by atoms with Crippen molar-refractivity contribution in [2.24, 2.45) is 0 Å². The van der Waals surface area contributed by atoms with Crippen molar-refractivity contribution in [1.29, 1.82) is 0 Å². The molecular weight excluding hydrogens is 492 g/mol. The number of carbonyl (C=O) groups excluding carboxylic acids is 1. The minimum Gasteiger partial charge on any atom is -0.497 e. The van der Waals surface area contributed by atoms with Gasteiger partial charge in [-0.2, -0.15) is 0 Å². The Labute approximate surface area is 221 Å². The predicted octanol–water partition coefficient (Wildman–Crippen LogP) is 4.35. The van der Waals surface area contributed by atoms with Gasteiger partial charge in [-0.05, 0) is 47.7 Å². The van der Waals surface area contributed by atoms with Crippen molar-refractivity contribution in [2.45, 2.75) is 38.0 Å². The van der Waals surface area contributed by atoms with E-state index in [0.717, 1.165) is 28.9 Å². The van der Waals surface area contributed by atoms with Crippen molar-refractivity contribution >= 4 is 23.2 Å². The van der Waals surface area contributed by atoms with Crippen LogP contribution in [0.2, 0.25) is 5.02 Å². The molecule has 3 aromatic rings. The molecule has 0 bridgehead atoms. The van der Waals surface area contributed by atoms with Crippen LogP contribution in [0.3, 0.4) is 0 Å². The lowest BCUT2D eigenvalue weighted by Gasteiger charge is -2.24. The summed E-state index contributed by atoms with van der Waals surface area (Å²) in [4.78, 5) is 25.9. The molecule has 0 unspecified atom stereocenters. The van der Waals surface area contributed by atoms with Crippen molar-refractivity contribution in [3.8, 4) is 5.75 Å². The number of carbonyl (C=O) groups is 1. The first kappa shape index (κ1) is 26.6. The van der Waals surface area contributed by atoms with Gasteiger partial charge in [0.25, 0.3) is 5.69 Å². The summed E-state index contributed by atoms with van der Waals surface area (Å²) in [5, 5.41) is 18.2. The number of likely N-dealkylation sites (tertiary alicyclic amines) is 1. The van der Waals surface area contributed by atoms with Crippen molar-refractivity contribution < 1.29 is 14.5 Å². The molecule has 2 atom stereocenters. The van der Waals surface area contributed by atoms with Gasteiger partial charge in [0.15, 0.2) is 0 Å². The van der Waals surface area contributed by atoms with Gasteiger partial charge in [0, 0.05) is 49.4 Å². The minimum atomic E-state index is -0.404. The van der Waals surface area contributed by atoms with Gasteiger partial charge < -0.3 is 15.4 Å². The average Bonchev–Trinajstić information content (AvgIpc) is 3.32. The fourth-order valence-corrected chi connectivity index (χ4v) is 4.78. The van der Waals surface area contributed by atoms with Crippen molar-refractivity contribution in [2.75, 3.05) is 20.2 Å². The number of rotatable bonds is 11. The standard InChI is InChI=1S/C28H31ClN4O4/c1-37-25-12-8-20(9-13-25)14-15-30-28(34)27-16-23(19-32(27)18-22-4-2-3-5-26(22)29)31-17-21-6-10-24(11-7-21)33(35)36/h2-13,23,27,31H,14-19H2,1H3,(H,30,34)/t23-,27-/m0/s1. The van der Waals surface area contributed by atoms with Crippen LogP contribution < -0.4 is 15.4 Å². The number of nitro benzene ring substituents is 1. The van der Waals surface area contributed by atoms with Gasteiger partial charge in [-0.25, -0.2) is 0 Å². The van der Waals surface area contributed by atoms with Crippen LogP contribution in [-0.4, -0.2) is 48.0 Å². The van der Waals surface area contributed by atoms with Crippen LogP contribution in [0.4, 0.5) is 5.69 Å². The zero-order chi connectivity index (χ0) is 26.2. The molecule has 1 amide bonds. The summed E-state index contributed by atoms with van der Waals surface area (Å²) in [6, 6.07) is 21.9. The Balaban J connectivity index is 1.37. The van der Waals surface area contributed by atoms with Crippen LogP contribution in [0.25, 0.3) is 0 Å². The third-order valence-corrected chi connectivity index (χ3v) is 7.02. The predicted molar refractivity (Wildman–Crippen MR) is 144 cm³/mol. The number of amides is 1. The highest BCUT2D eigenvalue weighted by atomic mass is 35.5. The number of benzene rings is 3. The van der Waals surface area contributed by atoms with Crippen LogP contribution in [0, 0.1) is 10.1 Å². The Kier molecular flexibility index (Phi) is 9.11. The Morgan fingerprint density at radius 2 is 1.78 bits per heavy atom. The highest BCUT2D eigenvalue weighted by molar-refractivity contribution is 6.31. The number of hydrogen-bond donors (Lipinski definition) is 2. The first-order valence-electron chi connectivity index (χ1n) is 12.3. The number of nitro groups is 1. The average molecular weight is 523 g/mol. The van der Waals surface area contributed by atoms with Crippen LogP contribution >= 0.6 is 11.6 Å². The summed E-state index contributed by atoms with van der Waals surface area (Å²) in [6.45, 7) is 2.37. The third kappa shape index (κ3) is 7.29. The van der Waals surface area contributed by atoms with E-state index in [9.17, 15) is 14.9 Å². The van der Waals surface area contributed by atoms with E-state index in [1.807, 2.05) is 48.5 Å². The second-order valence-electron chi connectivity index (χ2n) is 9.16. The number of nitrogens with one attached hydrogen (secondary N) is 2. The van der Waals surface area contributed by atoms with E-state index < -0.39 is 4.92 Å². The summed E-state index contributed by atoms with van der Waals surface area (Å²) in [6.07, 6.45) is 1.39. The lowest BCUT2D eigenvalue weighted by atomic mass is 10.1. The summed E-state index contributed by atoms with van der Waals surface area (Å²) in [7, 11) is 1.64. The fourth-order valence-electron chi connectivity index (χ4n) is 4.58. The molecule has 4 rings (SSSR count). The molecule has 194 valence electrons. The van der Waals surface area contributed by atoms with E-state index >= 15 is 0 Å². The third-order valence-electron chi connectivity index (χ3n) is 6.65. The number of halogens is 1. The summed E-state index contributed by atoms with van der Waals surface area (Å²) < 4.78 is 5.20. The smallest absolute Gasteiger partial charge is 0.269 e. The summed E-state index contributed by atoms with van der Waals surface area (Å²) in [5.74, 6) is 0.807. The number of ether oxygens (including phenoxy) is 1. The molecule has 9 heteroatoms. The second-order valence-corrected chi connectivity index (χ2v) is 9.57. The topological polar surface area (TPSA) is 96.7 Å². The zero-order valence-corrected chi connectivity index (χ0v) is 21.5. The molecule has 0 aromatic heterocycles. The van der Waals surface area contributed by atoms with Gasteiger partial charge in [0.1, 0.15) is 5.75 Å². The Hall–Kier alpha value is -3.46. The summed E-state index contributed by atoms with van der Waals surface area (Å²) in [5.41, 5.74) is 3.14. The van der Waals surface area contributed by atoms with Crippen LogP contribution in [0.15, 0.2) is 72.8 Å². The normalized spacial score (nSPS) is 17.5. The van der Waals surface area contributed by atoms with E-state index in [1.54, 1.807) is 19.2 Å². The van der Waals surface area contributed by atoms with Crippen molar-refractivity contribution in [3.05, 3.63) is 105 Å². The monoisotopic (exact) mass is 522 g/mol. The molecule has 1 aliphatic rings. The highest BCUT2D eigenvalue weighted by Crippen LogP contribution is 2.25. The minimum absolute atomic E-state index is 0.000186. The molecule has 8 nitrogen and oxygen atoms in total. The number of hydrogen-bond acceptors (Lipinski definition) is 6. The maximum absolute atomic E-state index is 13.2. The first-order chi connectivity index (χ1) is 17.9. The van der Waals surface area contributed by atoms with Crippen LogP contribution in [-0.2, 0) is 24.3 Å². The molecule has 37 heavy (non-hydrogen) atoms. The molecule has 0 radical (unpaired) electrons. The second kappa shape index (κ2) is 12.7. The van der Waals surface area contributed by atoms with Crippen LogP contribution in [0.1, 0.15) is 23.1 Å². The molecule has 0 aliphatic carbocycles. The number of methoxy groups -OCH3 is 1. The van der Waals surface area contributed by atoms with Crippen molar-refractivity contribution in [1.82, 2.24) is 15.5 Å². The molecule has 3 aromatic carbocycles. The molecule has 1 fully saturated rings. The molecule has 0 spiro atoms. The molecule has 1 saturated heterocycles. The maximum Gasteiger partial charge on any atom is 0.269 e. The first-order valence-corrected chi connectivity index (χ1v) is 12.7. The Bertz CT molecular complexity index is 1200. The van der Waals surface area contributed by atoms with E-state index in [2.05, 4.69) is 15.5 Å². The molecular formula is C28H31ClN4O4. The zero-order valence-electron chi connectivity index (χ0n) is 20.7. The van der Waals surface area contributed by atoms with E-state index in [0.29, 0.717) is 37.6 Å². The largest absolute Gasteiger partial charge is 0.497 e. The van der Waals surface area contributed by atoms with E-state index in [4.69, 9.17) is 16.3 Å². The van der Waals surface area contributed by atoms with Crippen molar-refractivity contribution in [3.63, 3.8) is 0 Å². The van der Waals surface area contributed by atoms with E-state index in [-0.39, 0.29) is 23.7 Å². The van der Waals surface area contributed by atoms with Gasteiger partial charge in [-0.1, -0.05) is 54.1 Å².